The zero-order chi connectivity index (χ0) is 27.8. The number of hydrogen-bond acceptors (Lipinski definition) is 0. The number of hydrogen-bond donors (Lipinski definition) is 0. The van der Waals surface area contributed by atoms with E-state index in [-0.39, 0.29) is 0 Å². The fraction of sp³-hybridized carbons (Fsp3) is 0.351. The second kappa shape index (κ2) is 16.5. The largest absolute Gasteiger partial charge is 0.195 e. The monoisotopic (exact) mass is 536 g/mol. The quantitative estimate of drug-likeness (QED) is 0.120. The van der Waals surface area contributed by atoms with Crippen molar-refractivity contribution in [2.75, 3.05) is 25.2 Å². The van der Waals surface area contributed by atoms with Crippen LogP contribution < -0.4 is 21.9 Å². The van der Waals surface area contributed by atoms with Crippen molar-refractivity contribution in [1.82, 2.24) is 0 Å². The molecule has 0 spiro atoms. The van der Waals surface area contributed by atoms with Gasteiger partial charge in [-0.3, -0.25) is 0 Å². The summed E-state index contributed by atoms with van der Waals surface area (Å²) in [5, 5.41) is 0. The molecule has 0 nitrogen and oxygen atoms in total. The Balaban J connectivity index is 0.000000258. The normalized spacial score (nSPS) is 11.5. The Labute approximate surface area is 240 Å². The Morgan fingerprint density at radius 1 is 0.410 bits per heavy atom. The van der Waals surface area contributed by atoms with E-state index in [4.69, 9.17) is 0 Å². The van der Waals surface area contributed by atoms with Crippen LogP contribution in [0, 0.1) is 0 Å². The first kappa shape index (κ1) is 30.9. The van der Waals surface area contributed by atoms with Gasteiger partial charge in [0, 0.05) is 13.9 Å². The molecule has 0 fully saturated rings. The van der Waals surface area contributed by atoms with Crippen LogP contribution in [0.2, 0.25) is 0 Å². The molecule has 206 valence electrons. The van der Waals surface area contributed by atoms with Gasteiger partial charge in [-0.1, -0.05) is 161 Å². The van der Waals surface area contributed by atoms with E-state index in [1.807, 2.05) is 0 Å². The van der Waals surface area contributed by atoms with Gasteiger partial charge in [0.05, 0.1) is 18.5 Å². The summed E-state index contributed by atoms with van der Waals surface area (Å²) in [6.07, 6.45) is 12.0. The smallest absolute Gasteiger partial charge is 0.108 e. The first-order valence-corrected chi connectivity index (χ1v) is 18.1. The maximum Gasteiger partial charge on any atom is 0.108 e. The average Bonchev–Trinajstić information content (AvgIpc) is 3.01. The fourth-order valence-corrected chi connectivity index (χ4v) is 9.99. The summed E-state index contributed by atoms with van der Waals surface area (Å²) in [7, 11) is -0.519. The van der Waals surface area contributed by atoms with Crippen molar-refractivity contribution in [1.29, 1.82) is 0 Å². The Kier molecular flexibility index (Phi) is 13.1. The van der Waals surface area contributed by atoms with Crippen LogP contribution >= 0.6 is 7.26 Å². The summed E-state index contributed by atoms with van der Waals surface area (Å²) in [6, 6.07) is 43.5. The predicted octanol–water partition coefficient (Wildman–Crippen LogP) is 8.10. The van der Waals surface area contributed by atoms with Crippen LogP contribution in [0.3, 0.4) is 0 Å². The van der Waals surface area contributed by atoms with E-state index in [0.29, 0.717) is 0 Å². The maximum absolute atomic E-state index is 2.62. The highest BCUT2D eigenvalue weighted by Gasteiger charge is 2.31. The van der Waals surface area contributed by atoms with Crippen molar-refractivity contribution in [3.05, 3.63) is 121 Å². The van der Waals surface area contributed by atoms with Gasteiger partial charge < -0.3 is 0 Å². The third-order valence-electron chi connectivity index (χ3n) is 8.35. The van der Waals surface area contributed by atoms with E-state index < -0.39 is 13.4 Å². The predicted molar refractivity (Wildman–Crippen MR) is 182 cm³/mol. The number of rotatable bonds is 13. The van der Waals surface area contributed by atoms with Crippen LogP contribution in [0.5, 0.6) is 0 Å². The third-order valence-corrected chi connectivity index (χ3v) is 12.5. The highest BCUT2D eigenvalue weighted by molar-refractivity contribution is 7.75. The lowest BCUT2D eigenvalue weighted by atomic mass is 9.13. The molecule has 0 radical (unpaired) electrons. The van der Waals surface area contributed by atoms with Crippen LogP contribution in [0.4, 0.5) is 0 Å². The number of benzene rings is 4. The number of unbranched alkanes of at least 4 members (excludes halogenated alkanes) is 3. The van der Waals surface area contributed by atoms with Crippen molar-refractivity contribution in [2.24, 2.45) is 0 Å². The standard InChI is InChI=1S/C24H20B.C13H30P/c1-5-13-21(14-6-1)25(22-15-7-2-8-16-22,23-17-9-3-10-18-23)24-19-11-4-12-20-24;1-5-8-11-14(4,12-9-6-2)13-10-7-3/h1-20H;5-13H2,1-4H3/q-1;+1. The van der Waals surface area contributed by atoms with E-state index in [1.54, 1.807) is 18.5 Å². The van der Waals surface area contributed by atoms with Gasteiger partial charge in [-0.2, -0.15) is 21.9 Å². The molecule has 0 heterocycles. The Bertz CT molecular complexity index is 974. The highest BCUT2D eigenvalue weighted by Crippen LogP contribution is 2.57. The Hall–Kier alpha value is -2.63. The van der Waals surface area contributed by atoms with E-state index in [1.165, 1.54) is 60.4 Å². The molecular formula is C37H50BP. The summed E-state index contributed by atoms with van der Waals surface area (Å²) in [5.41, 5.74) is 5.36. The second-order valence-corrected chi connectivity index (χ2v) is 15.9. The Morgan fingerprint density at radius 3 is 0.846 bits per heavy atom. The van der Waals surface area contributed by atoms with Crippen LogP contribution in [0.25, 0.3) is 0 Å². The van der Waals surface area contributed by atoms with Crippen molar-refractivity contribution < 1.29 is 0 Å². The molecule has 0 N–H and O–H groups in total. The van der Waals surface area contributed by atoms with E-state index >= 15 is 0 Å². The lowest BCUT2D eigenvalue weighted by Crippen LogP contribution is -2.74. The van der Waals surface area contributed by atoms with Gasteiger partial charge in [-0.25, -0.2) is 0 Å². The van der Waals surface area contributed by atoms with Crippen LogP contribution in [-0.2, 0) is 0 Å². The van der Waals surface area contributed by atoms with Crippen molar-refractivity contribution in [2.45, 2.75) is 59.3 Å². The van der Waals surface area contributed by atoms with Gasteiger partial charge in [0.2, 0.25) is 0 Å². The minimum atomic E-state index is -1.22. The molecule has 4 aromatic carbocycles. The van der Waals surface area contributed by atoms with E-state index in [0.717, 1.165) is 0 Å². The summed E-state index contributed by atoms with van der Waals surface area (Å²) < 4.78 is 0. The van der Waals surface area contributed by atoms with Crippen LogP contribution in [0.15, 0.2) is 121 Å². The summed E-state index contributed by atoms with van der Waals surface area (Å²) in [4.78, 5) is 0. The molecule has 0 aliphatic carbocycles. The van der Waals surface area contributed by atoms with Gasteiger partial charge in [0.15, 0.2) is 0 Å². The SMILES string of the molecule is CCCC[P+](C)(CCCC)CCCC.c1ccc([B-](c2ccccc2)(c2ccccc2)c2ccccc2)cc1. The van der Waals surface area contributed by atoms with Crippen LogP contribution in [-0.4, -0.2) is 31.3 Å². The van der Waals surface area contributed by atoms with Gasteiger partial charge in [0.25, 0.3) is 0 Å². The van der Waals surface area contributed by atoms with Gasteiger partial charge in [-0.15, -0.1) is 0 Å². The van der Waals surface area contributed by atoms with Gasteiger partial charge in [0.1, 0.15) is 6.15 Å². The summed E-state index contributed by atoms with van der Waals surface area (Å²) >= 11 is 0. The molecular weight excluding hydrogens is 486 g/mol. The second-order valence-electron chi connectivity index (χ2n) is 11.4. The molecule has 0 bridgehead atoms. The molecule has 0 saturated carbocycles. The van der Waals surface area contributed by atoms with E-state index in [2.05, 4.69) is 149 Å². The molecule has 4 rings (SSSR count). The topological polar surface area (TPSA) is 0 Å². The molecule has 4 aromatic rings. The molecule has 0 saturated heterocycles. The first-order chi connectivity index (χ1) is 19.1. The minimum Gasteiger partial charge on any atom is -0.195 e. The van der Waals surface area contributed by atoms with Crippen molar-refractivity contribution in [3.8, 4) is 0 Å². The summed E-state index contributed by atoms with van der Waals surface area (Å²) in [6.45, 7) is 9.59. The highest BCUT2D eigenvalue weighted by atomic mass is 31.2. The molecule has 0 aliphatic heterocycles. The van der Waals surface area contributed by atoms with E-state index in [9.17, 15) is 0 Å². The third kappa shape index (κ3) is 8.43. The first-order valence-electron chi connectivity index (χ1n) is 15.3. The molecule has 0 aliphatic rings. The van der Waals surface area contributed by atoms with Crippen LogP contribution in [0.1, 0.15) is 59.3 Å². The average molecular weight is 537 g/mol. The maximum atomic E-state index is 2.62. The molecule has 0 amide bonds. The summed E-state index contributed by atoms with van der Waals surface area (Å²) in [5.74, 6) is 0. The zero-order valence-corrected chi connectivity index (χ0v) is 25.8. The van der Waals surface area contributed by atoms with Gasteiger partial charge in [-0.05, 0) is 19.3 Å². The molecule has 0 unspecified atom stereocenters. The van der Waals surface area contributed by atoms with Crippen molar-refractivity contribution in [3.63, 3.8) is 0 Å². The van der Waals surface area contributed by atoms with Gasteiger partial charge >= 0.3 is 0 Å². The lowest BCUT2D eigenvalue weighted by molar-refractivity contribution is 0.838. The lowest BCUT2D eigenvalue weighted by Gasteiger charge is -2.44. The molecule has 2 heteroatoms. The molecule has 39 heavy (non-hydrogen) atoms. The molecule has 0 aromatic heterocycles. The Morgan fingerprint density at radius 2 is 0.641 bits per heavy atom. The minimum absolute atomic E-state index is 0.519. The zero-order valence-electron chi connectivity index (χ0n) is 24.9. The van der Waals surface area contributed by atoms with Crippen molar-refractivity contribution >= 4 is 35.3 Å². The fourth-order valence-electron chi connectivity index (χ4n) is 6.08. The molecule has 0 atom stereocenters.